The van der Waals surface area contributed by atoms with Crippen molar-refractivity contribution >= 4 is 39.2 Å². The number of carbonyl (C=O) groups excluding carboxylic acids is 1. The number of fused-ring (bicyclic) bond motifs is 1. The summed E-state index contributed by atoms with van der Waals surface area (Å²) in [5.41, 5.74) is 2.91. The molecule has 1 N–H and O–H groups in total. The first-order chi connectivity index (χ1) is 12.7. The summed E-state index contributed by atoms with van der Waals surface area (Å²) in [6, 6.07) is 7.53. The molecule has 0 saturated carbocycles. The Morgan fingerprint density at radius 3 is 2.81 bits per heavy atom. The van der Waals surface area contributed by atoms with Gasteiger partial charge in [0.2, 0.25) is 11.0 Å². The van der Waals surface area contributed by atoms with E-state index in [-0.39, 0.29) is 24.4 Å². The van der Waals surface area contributed by atoms with Crippen LogP contribution in [0.25, 0.3) is 11.0 Å². The van der Waals surface area contributed by atoms with E-state index in [0.29, 0.717) is 10.9 Å². The van der Waals surface area contributed by atoms with E-state index < -0.39 is 0 Å². The van der Waals surface area contributed by atoms with Gasteiger partial charge in [-0.3, -0.25) is 9.59 Å². The molecule has 9 heteroatoms. The first-order valence-corrected chi connectivity index (χ1v) is 9.41. The zero-order chi connectivity index (χ0) is 17.9. The number of para-hydroxylation sites is 2. The van der Waals surface area contributed by atoms with Crippen LogP contribution in [0.4, 0.5) is 10.9 Å². The molecule has 0 radical (unpaired) electrons. The maximum absolute atomic E-state index is 13.0. The van der Waals surface area contributed by atoms with Crippen LogP contribution in [0.15, 0.2) is 34.6 Å². The molecular weight excluding hydrogens is 352 g/mol. The number of anilines is 2. The van der Waals surface area contributed by atoms with Crippen LogP contribution in [0, 0.1) is 0 Å². The minimum Gasteiger partial charge on any atom is -0.352 e. The van der Waals surface area contributed by atoms with Gasteiger partial charge in [-0.05, 0) is 25.0 Å². The Balaban J connectivity index is 1.63. The van der Waals surface area contributed by atoms with Gasteiger partial charge in [0, 0.05) is 26.1 Å². The van der Waals surface area contributed by atoms with Crippen molar-refractivity contribution in [3.63, 3.8) is 0 Å². The lowest BCUT2D eigenvalue weighted by Crippen LogP contribution is -2.32. The van der Waals surface area contributed by atoms with Crippen molar-refractivity contribution in [2.75, 3.05) is 23.3 Å². The number of nitrogens with one attached hydrogen (secondary N) is 1. The monoisotopic (exact) mass is 370 g/mol. The molecule has 1 aromatic carbocycles. The summed E-state index contributed by atoms with van der Waals surface area (Å²) < 4.78 is 1.65. The molecule has 4 rings (SSSR count). The lowest BCUT2D eigenvalue weighted by atomic mass is 10.2. The van der Waals surface area contributed by atoms with Crippen LogP contribution in [0.3, 0.4) is 0 Å². The van der Waals surface area contributed by atoms with Gasteiger partial charge in [-0.15, -0.1) is 10.2 Å². The zero-order valence-corrected chi connectivity index (χ0v) is 14.9. The SMILES string of the molecule is O=C(CCn1c(=O)c(N2CCCC2)nc2ccccc21)Nc1nncs1. The van der Waals surface area contributed by atoms with Crippen LogP contribution in [-0.4, -0.2) is 38.7 Å². The summed E-state index contributed by atoms with van der Waals surface area (Å²) in [4.78, 5) is 31.8. The number of amides is 1. The first kappa shape index (κ1) is 16.6. The fraction of sp³-hybridized carbons (Fsp3) is 0.353. The van der Waals surface area contributed by atoms with Crippen molar-refractivity contribution in [1.29, 1.82) is 0 Å². The molecule has 1 aliphatic heterocycles. The van der Waals surface area contributed by atoms with E-state index in [1.165, 1.54) is 11.3 Å². The maximum Gasteiger partial charge on any atom is 0.294 e. The van der Waals surface area contributed by atoms with Crippen molar-refractivity contribution < 1.29 is 4.79 Å². The van der Waals surface area contributed by atoms with E-state index in [9.17, 15) is 9.59 Å². The normalized spacial score (nSPS) is 14.1. The van der Waals surface area contributed by atoms with Gasteiger partial charge < -0.3 is 14.8 Å². The van der Waals surface area contributed by atoms with Crippen molar-refractivity contribution in [1.82, 2.24) is 19.7 Å². The Morgan fingerprint density at radius 1 is 1.23 bits per heavy atom. The summed E-state index contributed by atoms with van der Waals surface area (Å²) in [5.74, 6) is 0.281. The Bertz CT molecular complexity index is 979. The van der Waals surface area contributed by atoms with Gasteiger partial charge in [0.15, 0.2) is 5.82 Å². The molecule has 1 amide bonds. The number of rotatable bonds is 5. The number of aryl methyl sites for hydroxylation is 1. The van der Waals surface area contributed by atoms with Crippen LogP contribution < -0.4 is 15.8 Å². The summed E-state index contributed by atoms with van der Waals surface area (Å²) in [5, 5.41) is 10.6. The summed E-state index contributed by atoms with van der Waals surface area (Å²) in [6.45, 7) is 1.98. The summed E-state index contributed by atoms with van der Waals surface area (Å²) in [6.07, 6.45) is 2.31. The topological polar surface area (TPSA) is 93.0 Å². The minimum atomic E-state index is -0.197. The summed E-state index contributed by atoms with van der Waals surface area (Å²) >= 11 is 1.26. The number of hydrogen-bond donors (Lipinski definition) is 1. The highest BCUT2D eigenvalue weighted by Crippen LogP contribution is 2.18. The van der Waals surface area contributed by atoms with Crippen LogP contribution in [-0.2, 0) is 11.3 Å². The lowest BCUT2D eigenvalue weighted by Gasteiger charge is -2.18. The Morgan fingerprint density at radius 2 is 2.04 bits per heavy atom. The van der Waals surface area contributed by atoms with Crippen molar-refractivity contribution in [3.05, 3.63) is 40.1 Å². The van der Waals surface area contributed by atoms with E-state index >= 15 is 0 Å². The molecule has 0 unspecified atom stereocenters. The van der Waals surface area contributed by atoms with Gasteiger partial charge in [0.05, 0.1) is 11.0 Å². The van der Waals surface area contributed by atoms with Gasteiger partial charge in [-0.2, -0.15) is 0 Å². The molecule has 8 nitrogen and oxygen atoms in total. The Hall–Kier alpha value is -2.81. The predicted octanol–water partition coefficient (Wildman–Crippen LogP) is 1.88. The number of aromatic nitrogens is 4. The highest BCUT2D eigenvalue weighted by atomic mass is 32.1. The number of carbonyl (C=O) groups is 1. The van der Waals surface area contributed by atoms with E-state index in [2.05, 4.69) is 20.5 Å². The molecule has 134 valence electrons. The number of nitrogens with zero attached hydrogens (tertiary/aromatic N) is 5. The number of benzene rings is 1. The second-order valence-electron chi connectivity index (χ2n) is 6.12. The van der Waals surface area contributed by atoms with E-state index in [1.54, 1.807) is 10.1 Å². The quantitative estimate of drug-likeness (QED) is 0.737. The van der Waals surface area contributed by atoms with E-state index in [0.717, 1.165) is 37.0 Å². The van der Waals surface area contributed by atoms with Gasteiger partial charge in [0.1, 0.15) is 5.51 Å². The van der Waals surface area contributed by atoms with Gasteiger partial charge >= 0.3 is 0 Å². The molecule has 26 heavy (non-hydrogen) atoms. The highest BCUT2D eigenvalue weighted by molar-refractivity contribution is 7.13. The van der Waals surface area contributed by atoms with Crippen LogP contribution in [0.5, 0.6) is 0 Å². The smallest absolute Gasteiger partial charge is 0.294 e. The van der Waals surface area contributed by atoms with E-state index in [4.69, 9.17) is 0 Å². The highest BCUT2D eigenvalue weighted by Gasteiger charge is 2.20. The Kier molecular flexibility index (Phi) is 4.61. The molecule has 1 aliphatic rings. The van der Waals surface area contributed by atoms with Crippen molar-refractivity contribution in [3.8, 4) is 0 Å². The maximum atomic E-state index is 13.0. The molecule has 2 aromatic heterocycles. The standard InChI is InChI=1S/C17H18N6O2S/c24-14(20-17-21-18-11-26-17)7-10-23-13-6-2-1-5-12(13)19-15(16(23)25)22-8-3-4-9-22/h1-2,5-6,11H,3-4,7-10H2,(H,20,21,24). The Labute approximate surface area is 153 Å². The van der Waals surface area contributed by atoms with Crippen LogP contribution in [0.1, 0.15) is 19.3 Å². The van der Waals surface area contributed by atoms with Crippen molar-refractivity contribution in [2.45, 2.75) is 25.8 Å². The first-order valence-electron chi connectivity index (χ1n) is 8.53. The van der Waals surface area contributed by atoms with Crippen LogP contribution in [0.2, 0.25) is 0 Å². The molecule has 0 aliphatic carbocycles. The molecule has 0 bridgehead atoms. The third kappa shape index (κ3) is 3.30. The van der Waals surface area contributed by atoms with Gasteiger partial charge in [-0.1, -0.05) is 23.5 Å². The minimum absolute atomic E-state index is 0.144. The molecule has 0 spiro atoms. The average molecular weight is 370 g/mol. The fourth-order valence-electron chi connectivity index (χ4n) is 3.16. The second-order valence-corrected chi connectivity index (χ2v) is 6.95. The zero-order valence-electron chi connectivity index (χ0n) is 14.1. The third-order valence-electron chi connectivity index (χ3n) is 4.41. The van der Waals surface area contributed by atoms with E-state index in [1.807, 2.05) is 29.2 Å². The molecule has 3 aromatic rings. The van der Waals surface area contributed by atoms with Gasteiger partial charge in [-0.25, -0.2) is 4.98 Å². The molecule has 0 atom stereocenters. The predicted molar refractivity (Wildman–Crippen MR) is 101 cm³/mol. The lowest BCUT2D eigenvalue weighted by molar-refractivity contribution is -0.116. The average Bonchev–Trinajstić information content (AvgIpc) is 3.34. The molecular formula is C17H18N6O2S. The fourth-order valence-corrected chi connectivity index (χ4v) is 3.62. The molecule has 3 heterocycles. The molecule has 1 saturated heterocycles. The van der Waals surface area contributed by atoms with Crippen LogP contribution >= 0.6 is 11.3 Å². The van der Waals surface area contributed by atoms with Gasteiger partial charge in [0.25, 0.3) is 5.56 Å². The largest absolute Gasteiger partial charge is 0.352 e. The van der Waals surface area contributed by atoms with Crippen molar-refractivity contribution in [2.24, 2.45) is 0 Å². The molecule has 1 fully saturated rings. The second kappa shape index (κ2) is 7.20. The number of hydrogen-bond acceptors (Lipinski definition) is 7. The third-order valence-corrected chi connectivity index (χ3v) is 5.02. The summed E-state index contributed by atoms with van der Waals surface area (Å²) in [7, 11) is 0.